The van der Waals surface area contributed by atoms with E-state index in [9.17, 15) is 4.39 Å². The lowest BCUT2D eigenvalue weighted by Gasteiger charge is -2.17. The minimum absolute atomic E-state index is 0.00110. The number of nitrogens with one attached hydrogen (secondary N) is 1. The molecule has 0 saturated heterocycles. The van der Waals surface area contributed by atoms with Crippen LogP contribution in [0.4, 0.5) is 4.39 Å². The van der Waals surface area contributed by atoms with Gasteiger partial charge in [-0.15, -0.1) is 0 Å². The molecule has 2 rings (SSSR count). The van der Waals surface area contributed by atoms with E-state index in [4.69, 9.17) is 4.74 Å². The quantitative estimate of drug-likeness (QED) is 0.897. The van der Waals surface area contributed by atoms with E-state index in [0.29, 0.717) is 12.3 Å². The number of hydrogen-bond donors (Lipinski definition) is 1. The van der Waals surface area contributed by atoms with Crippen molar-refractivity contribution in [2.75, 3.05) is 7.11 Å². The monoisotopic (exact) mass is 260 g/mol. The van der Waals surface area contributed by atoms with Gasteiger partial charge < -0.3 is 10.1 Å². The molecule has 1 heterocycles. The van der Waals surface area contributed by atoms with Crippen molar-refractivity contribution in [1.29, 1.82) is 0 Å². The summed E-state index contributed by atoms with van der Waals surface area (Å²) in [7, 11) is 1.59. The molecule has 3 nitrogen and oxygen atoms in total. The second-order valence-electron chi connectivity index (χ2n) is 4.34. The van der Waals surface area contributed by atoms with E-state index in [1.165, 1.54) is 12.1 Å². The van der Waals surface area contributed by atoms with Crippen LogP contribution < -0.4 is 10.1 Å². The fourth-order valence-electron chi connectivity index (χ4n) is 1.93. The van der Waals surface area contributed by atoms with Crippen molar-refractivity contribution in [3.63, 3.8) is 0 Å². The molecule has 0 fully saturated rings. The lowest BCUT2D eigenvalue weighted by molar-refractivity contribution is 0.399. The van der Waals surface area contributed by atoms with Crippen LogP contribution in [0.15, 0.2) is 42.7 Å². The van der Waals surface area contributed by atoms with E-state index in [0.717, 1.165) is 11.1 Å². The predicted octanol–water partition coefficient (Wildman–Crippen LogP) is 3.08. The van der Waals surface area contributed by atoms with Crippen LogP contribution in [0.5, 0.6) is 5.75 Å². The molecule has 4 heteroatoms. The molecule has 1 aromatic carbocycles. The molecule has 0 radical (unpaired) electrons. The van der Waals surface area contributed by atoms with E-state index in [2.05, 4.69) is 10.3 Å². The van der Waals surface area contributed by atoms with E-state index in [-0.39, 0.29) is 11.9 Å². The SMILES string of the molecule is COc1ccc(F)cc1[C@@H](C)NCc1ccncc1. The number of aromatic nitrogens is 1. The van der Waals surface area contributed by atoms with Gasteiger partial charge in [0.05, 0.1) is 7.11 Å². The number of hydrogen-bond acceptors (Lipinski definition) is 3. The first-order chi connectivity index (χ1) is 9.20. The first kappa shape index (κ1) is 13.5. The van der Waals surface area contributed by atoms with E-state index < -0.39 is 0 Å². The first-order valence-corrected chi connectivity index (χ1v) is 6.16. The minimum Gasteiger partial charge on any atom is -0.496 e. The van der Waals surface area contributed by atoms with Gasteiger partial charge in [-0.25, -0.2) is 4.39 Å². The molecule has 0 unspecified atom stereocenters. The van der Waals surface area contributed by atoms with Crippen LogP contribution in [0.2, 0.25) is 0 Å². The van der Waals surface area contributed by atoms with Gasteiger partial charge in [0.25, 0.3) is 0 Å². The highest BCUT2D eigenvalue weighted by Crippen LogP contribution is 2.25. The van der Waals surface area contributed by atoms with Crippen LogP contribution in [0, 0.1) is 5.82 Å². The van der Waals surface area contributed by atoms with E-state index >= 15 is 0 Å². The van der Waals surface area contributed by atoms with Gasteiger partial charge in [-0.2, -0.15) is 0 Å². The van der Waals surface area contributed by atoms with Crippen LogP contribution in [0.3, 0.4) is 0 Å². The molecule has 2 aromatic rings. The predicted molar refractivity (Wildman–Crippen MR) is 72.4 cm³/mol. The summed E-state index contributed by atoms with van der Waals surface area (Å²) in [5.74, 6) is 0.435. The number of pyridine rings is 1. The molecule has 0 saturated carbocycles. The van der Waals surface area contributed by atoms with E-state index in [1.54, 1.807) is 25.6 Å². The number of halogens is 1. The van der Waals surface area contributed by atoms with Crippen molar-refractivity contribution in [2.24, 2.45) is 0 Å². The first-order valence-electron chi connectivity index (χ1n) is 6.16. The number of benzene rings is 1. The molecule has 19 heavy (non-hydrogen) atoms. The molecule has 0 spiro atoms. The Kier molecular flexibility index (Phi) is 4.47. The second-order valence-corrected chi connectivity index (χ2v) is 4.34. The highest BCUT2D eigenvalue weighted by Gasteiger charge is 2.12. The Hall–Kier alpha value is -1.94. The molecule has 1 atom stereocenters. The fourth-order valence-corrected chi connectivity index (χ4v) is 1.93. The summed E-state index contributed by atoms with van der Waals surface area (Å²) in [5, 5.41) is 3.34. The van der Waals surface area contributed by atoms with Crippen molar-refractivity contribution in [2.45, 2.75) is 19.5 Å². The summed E-state index contributed by atoms with van der Waals surface area (Å²) in [5.41, 5.74) is 1.95. The Bertz CT molecular complexity index is 531. The molecule has 0 aliphatic carbocycles. The number of methoxy groups -OCH3 is 1. The summed E-state index contributed by atoms with van der Waals surface area (Å²) in [6.45, 7) is 2.68. The summed E-state index contributed by atoms with van der Waals surface area (Å²) in [6.07, 6.45) is 3.51. The van der Waals surface area contributed by atoms with Gasteiger partial charge in [0, 0.05) is 30.5 Å². The second kappa shape index (κ2) is 6.29. The van der Waals surface area contributed by atoms with Gasteiger partial charge >= 0.3 is 0 Å². The summed E-state index contributed by atoms with van der Waals surface area (Å²) in [6, 6.07) is 8.44. The molecule has 0 bridgehead atoms. The average Bonchev–Trinajstić information content (AvgIpc) is 2.46. The topological polar surface area (TPSA) is 34.1 Å². The zero-order valence-electron chi connectivity index (χ0n) is 11.1. The molecule has 0 amide bonds. The van der Waals surface area contributed by atoms with Gasteiger partial charge in [-0.05, 0) is 42.8 Å². The third-order valence-corrected chi connectivity index (χ3v) is 3.02. The van der Waals surface area contributed by atoms with Crippen molar-refractivity contribution in [3.05, 3.63) is 59.7 Å². The molecule has 0 aliphatic rings. The molecular weight excluding hydrogens is 243 g/mol. The molecule has 1 N–H and O–H groups in total. The summed E-state index contributed by atoms with van der Waals surface area (Å²) >= 11 is 0. The van der Waals surface area contributed by atoms with Crippen LogP contribution in [-0.4, -0.2) is 12.1 Å². The average molecular weight is 260 g/mol. The molecule has 100 valence electrons. The number of ether oxygens (including phenoxy) is 1. The lowest BCUT2D eigenvalue weighted by Crippen LogP contribution is -2.18. The zero-order chi connectivity index (χ0) is 13.7. The van der Waals surface area contributed by atoms with Crippen molar-refractivity contribution in [3.8, 4) is 5.75 Å². The Labute approximate surface area is 112 Å². The summed E-state index contributed by atoms with van der Waals surface area (Å²) in [4.78, 5) is 3.97. The summed E-state index contributed by atoms with van der Waals surface area (Å²) < 4.78 is 18.6. The molecule has 0 aliphatic heterocycles. The largest absolute Gasteiger partial charge is 0.496 e. The highest BCUT2D eigenvalue weighted by atomic mass is 19.1. The maximum Gasteiger partial charge on any atom is 0.123 e. The van der Waals surface area contributed by atoms with Crippen LogP contribution >= 0.6 is 0 Å². The molecule has 1 aromatic heterocycles. The van der Waals surface area contributed by atoms with Crippen molar-refractivity contribution < 1.29 is 9.13 Å². The third-order valence-electron chi connectivity index (χ3n) is 3.02. The Morgan fingerprint density at radius 3 is 2.68 bits per heavy atom. The van der Waals surface area contributed by atoms with Crippen LogP contribution in [0.1, 0.15) is 24.1 Å². The van der Waals surface area contributed by atoms with Crippen molar-refractivity contribution in [1.82, 2.24) is 10.3 Å². The van der Waals surface area contributed by atoms with Gasteiger partial charge in [-0.1, -0.05) is 0 Å². The van der Waals surface area contributed by atoms with Crippen molar-refractivity contribution >= 4 is 0 Å². The normalized spacial score (nSPS) is 12.2. The van der Waals surface area contributed by atoms with Gasteiger partial charge in [0.15, 0.2) is 0 Å². The minimum atomic E-state index is -0.256. The van der Waals surface area contributed by atoms with Crippen LogP contribution in [-0.2, 0) is 6.54 Å². The zero-order valence-corrected chi connectivity index (χ0v) is 11.1. The smallest absolute Gasteiger partial charge is 0.123 e. The highest BCUT2D eigenvalue weighted by molar-refractivity contribution is 5.36. The lowest BCUT2D eigenvalue weighted by atomic mass is 10.1. The van der Waals surface area contributed by atoms with Gasteiger partial charge in [0.1, 0.15) is 11.6 Å². The fraction of sp³-hybridized carbons (Fsp3) is 0.267. The van der Waals surface area contributed by atoms with Gasteiger partial charge in [0.2, 0.25) is 0 Å². The Morgan fingerprint density at radius 2 is 2.00 bits per heavy atom. The maximum atomic E-state index is 13.3. The molecular formula is C15H17FN2O. The number of nitrogens with zero attached hydrogens (tertiary/aromatic N) is 1. The number of rotatable bonds is 5. The standard InChI is InChI=1S/C15H17FN2O/c1-11(18-10-12-5-7-17-8-6-12)14-9-13(16)3-4-15(14)19-2/h3-9,11,18H,10H2,1-2H3/t11-/m1/s1. The van der Waals surface area contributed by atoms with E-state index in [1.807, 2.05) is 19.1 Å². The van der Waals surface area contributed by atoms with Crippen LogP contribution in [0.25, 0.3) is 0 Å². The van der Waals surface area contributed by atoms with Gasteiger partial charge in [-0.3, -0.25) is 4.98 Å². The Morgan fingerprint density at radius 1 is 1.26 bits per heavy atom. The maximum absolute atomic E-state index is 13.3. The third kappa shape index (κ3) is 3.51. The Balaban J connectivity index is 2.07.